The van der Waals surface area contributed by atoms with Crippen LogP contribution in [0, 0.1) is 11.8 Å². The second-order valence-corrected chi connectivity index (χ2v) is 19.6. The van der Waals surface area contributed by atoms with Gasteiger partial charge in [0.25, 0.3) is 0 Å². The minimum absolute atomic E-state index is 0.0358. The van der Waals surface area contributed by atoms with Crippen LogP contribution in [0.3, 0.4) is 0 Å². The smallest absolute Gasteiger partial charge is 0.475 e. The Morgan fingerprint density at radius 2 is 1.28 bits per heavy atom. The molecule has 3 fully saturated rings. The summed E-state index contributed by atoms with van der Waals surface area (Å²) in [6.07, 6.45) is 3.61. The summed E-state index contributed by atoms with van der Waals surface area (Å²) in [5.74, 6) is -5.13. The van der Waals surface area contributed by atoms with Crippen molar-refractivity contribution in [3.8, 4) is 0 Å². The molecule has 6 amide bonds. The van der Waals surface area contributed by atoms with Crippen LogP contribution in [0.4, 0.5) is 0 Å². The van der Waals surface area contributed by atoms with Crippen molar-refractivity contribution in [3.63, 3.8) is 0 Å². The molecule has 0 radical (unpaired) electrons. The zero-order valence-corrected chi connectivity index (χ0v) is 42.7. The number of hydrogen-bond donors (Lipinski definition) is 10. The molecular weight excluding hydrogens is 941 g/mol. The van der Waals surface area contributed by atoms with Gasteiger partial charge in [-0.1, -0.05) is 0 Å². The third-order valence-corrected chi connectivity index (χ3v) is 13.4. The van der Waals surface area contributed by atoms with E-state index < -0.39 is 60.9 Å². The van der Waals surface area contributed by atoms with Gasteiger partial charge >= 0.3 is 19.1 Å². The fourth-order valence-electron chi connectivity index (χ4n) is 9.15. The van der Waals surface area contributed by atoms with Gasteiger partial charge < -0.3 is 67.5 Å². The zero-order chi connectivity index (χ0) is 53.5. The minimum Gasteiger partial charge on any atom is -0.480 e. The number of nitrogens with one attached hydrogen (secondary N) is 3. The summed E-state index contributed by atoms with van der Waals surface area (Å²) in [5, 5.41) is 57.1. The number of carbonyl (C=O) groups is 8. The van der Waals surface area contributed by atoms with E-state index in [0.29, 0.717) is 83.6 Å². The van der Waals surface area contributed by atoms with Gasteiger partial charge in [-0.3, -0.25) is 62.9 Å². The van der Waals surface area contributed by atoms with Crippen LogP contribution in [-0.2, 0) is 38.4 Å². The molecule has 4 atom stereocenters. The van der Waals surface area contributed by atoms with Crippen LogP contribution in [0.25, 0.3) is 0 Å². The van der Waals surface area contributed by atoms with Crippen molar-refractivity contribution in [2.45, 2.75) is 95.3 Å². The Morgan fingerprint density at radius 3 is 1.79 bits per heavy atom. The third-order valence-electron chi connectivity index (χ3n) is 13.4. The maximum absolute atomic E-state index is 13.9. The number of nitrogens with two attached hydrogens (primary N) is 2. The normalized spacial score (nSPS) is 22.1. The minimum atomic E-state index is -1.80. The first kappa shape index (κ1) is 61.1. The first-order valence-electron chi connectivity index (χ1n) is 25.1. The monoisotopic (exact) mass is 1020 g/mol. The van der Waals surface area contributed by atoms with Crippen molar-refractivity contribution in [2.24, 2.45) is 28.3 Å². The Hall–Kier alpha value is -5.19. The van der Waals surface area contributed by atoms with Crippen LogP contribution in [0.2, 0.25) is 0 Å². The number of β-amino-alcohol motifs (C(OH)–C–C–N with tert-alkyl or cyclic N) is 1. The molecule has 2 saturated heterocycles. The van der Waals surface area contributed by atoms with Crippen molar-refractivity contribution in [3.05, 3.63) is 0 Å². The average Bonchev–Trinajstić information content (AvgIpc) is 3.72. The van der Waals surface area contributed by atoms with Crippen LogP contribution in [0.5, 0.6) is 0 Å². The molecule has 0 aromatic rings. The summed E-state index contributed by atoms with van der Waals surface area (Å²) >= 11 is 0. The molecule has 2 aliphatic heterocycles. The van der Waals surface area contributed by atoms with Crippen LogP contribution in [0.1, 0.15) is 71.1 Å². The number of aliphatic hydroxyl groups excluding tert-OH is 1. The molecule has 1 aliphatic carbocycles. The summed E-state index contributed by atoms with van der Waals surface area (Å²) in [5.41, 5.74) is 11.4. The maximum atomic E-state index is 13.9. The number of aliphatic imine (C=N–C) groups is 1. The summed E-state index contributed by atoms with van der Waals surface area (Å²) in [4.78, 5) is 117. The van der Waals surface area contributed by atoms with Crippen LogP contribution >= 0.6 is 0 Å². The first-order chi connectivity index (χ1) is 34.0. The first-order valence-corrected chi connectivity index (χ1v) is 25.1. The molecule has 0 bridgehead atoms. The van der Waals surface area contributed by atoms with Gasteiger partial charge in [0.15, 0.2) is 5.96 Å². The van der Waals surface area contributed by atoms with Gasteiger partial charge in [-0.25, -0.2) is 0 Å². The summed E-state index contributed by atoms with van der Waals surface area (Å²) in [7, 11) is 3.33. The number of primary amides is 1. The lowest BCUT2D eigenvalue weighted by atomic mass is 9.77. The molecule has 0 aromatic carbocycles. The molecule has 26 nitrogen and oxygen atoms in total. The van der Waals surface area contributed by atoms with E-state index in [0.717, 1.165) is 0 Å². The average molecular weight is 1020 g/mol. The van der Waals surface area contributed by atoms with Crippen molar-refractivity contribution >= 4 is 60.5 Å². The zero-order valence-electron chi connectivity index (χ0n) is 42.7. The number of likely N-dealkylation sites (N-methyl/N-ethyl adjacent to an activating group) is 1. The molecule has 27 heteroatoms. The van der Waals surface area contributed by atoms with Gasteiger partial charge in [0, 0.05) is 112 Å². The van der Waals surface area contributed by atoms with Crippen molar-refractivity contribution in [1.82, 2.24) is 50.2 Å². The van der Waals surface area contributed by atoms with Crippen LogP contribution in [0.15, 0.2) is 4.99 Å². The van der Waals surface area contributed by atoms with E-state index in [9.17, 15) is 63.7 Å². The van der Waals surface area contributed by atoms with E-state index in [1.807, 2.05) is 0 Å². The number of aliphatic hydroxyl groups is 1. The Labute approximate surface area is 422 Å². The number of unbranched alkanes of at least 4 members (excludes halogenated alkanes) is 1. The van der Waals surface area contributed by atoms with Crippen molar-refractivity contribution in [2.75, 3.05) is 126 Å². The molecule has 12 N–H and O–H groups in total. The molecule has 1 saturated carbocycles. The van der Waals surface area contributed by atoms with Crippen molar-refractivity contribution < 1.29 is 63.7 Å². The number of guanidine groups is 1. The highest BCUT2D eigenvalue weighted by atomic mass is 16.4. The van der Waals surface area contributed by atoms with E-state index >= 15 is 0 Å². The van der Waals surface area contributed by atoms with Gasteiger partial charge in [-0.2, -0.15) is 0 Å². The fourth-order valence-corrected chi connectivity index (χ4v) is 9.15. The summed E-state index contributed by atoms with van der Waals surface area (Å²) in [6.45, 7) is 3.92. The van der Waals surface area contributed by atoms with Gasteiger partial charge in [0.2, 0.25) is 35.4 Å². The number of aliphatic carboxylic acids is 2. The Kier molecular flexibility index (Phi) is 26.7. The third kappa shape index (κ3) is 22.7. The highest BCUT2D eigenvalue weighted by molar-refractivity contribution is 6.43. The predicted octanol–water partition coefficient (Wildman–Crippen LogP) is -4.97. The second-order valence-electron chi connectivity index (χ2n) is 19.6. The van der Waals surface area contributed by atoms with Crippen molar-refractivity contribution in [1.29, 1.82) is 0 Å². The molecule has 3 rings (SSSR count). The van der Waals surface area contributed by atoms with E-state index in [1.54, 1.807) is 45.6 Å². The van der Waals surface area contributed by atoms with Gasteiger partial charge in [0.05, 0.1) is 38.2 Å². The number of carbonyl (C=O) groups excluding carboxylic acids is 6. The van der Waals surface area contributed by atoms with Gasteiger partial charge in [-0.05, 0) is 70.6 Å². The lowest BCUT2D eigenvalue weighted by molar-refractivity contribution is -0.139. The number of hydrogen-bond acceptors (Lipinski definition) is 16. The molecule has 0 aromatic heterocycles. The summed E-state index contributed by atoms with van der Waals surface area (Å²) < 4.78 is 0. The number of carboxylic acids is 2. The highest BCUT2D eigenvalue weighted by Gasteiger charge is 2.43. The van der Waals surface area contributed by atoms with E-state index in [4.69, 9.17) is 11.5 Å². The van der Waals surface area contributed by atoms with E-state index in [2.05, 4.69) is 20.9 Å². The standard InChI is InChI=1S/C45H82BN13O13/c1-31(43(69)59-26-34(60)24-36(59)46(71)72)51-42(68)33-12-10-32(11-13-33)25-50-38(62)9-5-6-15-54(4)44(70)35(8-7-14-49-45(48)53(2)3)52-39(63)28-56-18-22-57(29-40(64)65)20-16-55(27-37(47)61)17-21-58(23-19-56)30-41(66)67/h31-36,60,71-72H,5-30H2,1-4H3,(H2,47,61)(H2,48,49)(H,50,62)(H,51,68)(H,52,63)(H,64,65)(H,66,67)/t31-,32?,33?,34+,35+,36+/m1/s1. The highest BCUT2D eigenvalue weighted by Crippen LogP contribution is 2.29. The SMILES string of the molecule is C[C@@H](NC(=O)C1CCC(CNC(=O)CCCCN(C)C(=O)[C@H](CCCN=C(N)N(C)C)NC(=O)CN2CCN(CC(=O)O)CCN(CC(N)=O)CCN(CC(=O)O)CC2)CC1)C(=O)N1C[C@@H](O)C[C@H]1B(O)O. The maximum Gasteiger partial charge on any atom is 0.475 e. The number of amides is 6. The molecular formula is C45H82BN13O13. The largest absolute Gasteiger partial charge is 0.480 e. The van der Waals surface area contributed by atoms with Crippen LogP contribution in [-0.4, -0.2) is 270 Å². The quantitative estimate of drug-likeness (QED) is 0.0177. The molecule has 2 heterocycles. The lowest BCUT2D eigenvalue weighted by Crippen LogP contribution is -2.53. The topological polar surface area (TPSA) is 361 Å². The number of rotatable bonds is 25. The number of carboxylic acid groups (broad SMARTS) is 2. The fraction of sp³-hybridized carbons (Fsp3) is 0.800. The van der Waals surface area contributed by atoms with Crippen LogP contribution < -0.4 is 27.4 Å². The Balaban J connectivity index is 1.52. The molecule has 408 valence electrons. The summed E-state index contributed by atoms with van der Waals surface area (Å²) in [6, 6.07) is -1.84. The molecule has 72 heavy (non-hydrogen) atoms. The van der Waals surface area contributed by atoms with E-state index in [-0.39, 0.29) is 121 Å². The molecule has 0 spiro atoms. The van der Waals surface area contributed by atoms with Gasteiger partial charge in [0.1, 0.15) is 12.1 Å². The van der Waals surface area contributed by atoms with Gasteiger partial charge in [-0.15, -0.1) is 0 Å². The Bertz CT molecular complexity index is 1790. The lowest BCUT2D eigenvalue weighted by Gasteiger charge is -2.33. The molecule has 3 aliphatic rings. The second kappa shape index (κ2) is 31.4. The number of likely N-dealkylation sites (tertiary alicyclic amines) is 1. The van der Waals surface area contributed by atoms with E-state index in [1.165, 1.54) is 16.7 Å². The Morgan fingerprint density at radius 1 is 0.736 bits per heavy atom. The number of nitrogens with zero attached hydrogens (tertiary/aromatic N) is 8. The predicted molar refractivity (Wildman–Crippen MR) is 265 cm³/mol. The molecule has 0 unspecified atom stereocenters.